The van der Waals surface area contributed by atoms with E-state index in [9.17, 15) is 0 Å². The minimum atomic E-state index is -0.688. The zero-order valence-corrected chi connectivity index (χ0v) is 8.59. The lowest BCUT2D eigenvalue weighted by Crippen LogP contribution is -2.10. The Morgan fingerprint density at radius 2 is 1.60 bits per heavy atom. The van der Waals surface area contributed by atoms with Gasteiger partial charge in [0.1, 0.15) is 0 Å². The maximum atomic E-state index is 8.97. The molecule has 0 rings (SSSR count). The van der Waals surface area contributed by atoms with Crippen LogP contribution in [0.2, 0.25) is 0 Å². The van der Waals surface area contributed by atoms with E-state index in [0.717, 1.165) is 0 Å². The molecule has 0 aromatic heterocycles. The molecule has 0 heterocycles. The first-order valence-corrected chi connectivity index (χ1v) is 4.49. The molecule has 0 saturated heterocycles. The van der Waals surface area contributed by atoms with Gasteiger partial charge in [-0.15, -0.1) is 0 Å². The molecule has 15 heavy (non-hydrogen) atoms. The second-order valence-corrected chi connectivity index (χ2v) is 2.55. The van der Waals surface area contributed by atoms with Gasteiger partial charge in [-0.05, 0) is 48.9 Å². The number of hydrogen-bond acceptors (Lipinski definition) is 2. The fourth-order valence-corrected chi connectivity index (χ4v) is 0.624. The van der Waals surface area contributed by atoms with Crippen molar-refractivity contribution in [3.8, 4) is 47.4 Å². The molecule has 0 aliphatic carbocycles. The second kappa shape index (κ2) is 10.2. The van der Waals surface area contributed by atoms with Gasteiger partial charge in [-0.25, -0.2) is 0 Å². The van der Waals surface area contributed by atoms with Crippen molar-refractivity contribution >= 4 is 0 Å². The zero-order valence-electron chi connectivity index (χ0n) is 8.59. The first-order chi connectivity index (χ1) is 7.31. The Labute approximate surface area is 90.7 Å². The lowest BCUT2D eigenvalue weighted by atomic mass is 10.2. The number of hydrogen-bond donors (Lipinski definition) is 2. The van der Waals surface area contributed by atoms with Crippen LogP contribution in [0.15, 0.2) is 0 Å². The quantitative estimate of drug-likeness (QED) is 0.637. The van der Waals surface area contributed by atoms with Gasteiger partial charge in [-0.1, -0.05) is 11.8 Å². The SMILES string of the molecule is CC#CC#CC#CC#CCCC(O)CO. The van der Waals surface area contributed by atoms with Crippen LogP contribution >= 0.6 is 0 Å². The third kappa shape index (κ3) is 10.1. The Bertz CT molecular complexity index is 404. The lowest BCUT2D eigenvalue weighted by molar-refractivity contribution is 0.0896. The predicted molar refractivity (Wildman–Crippen MR) is 59.1 cm³/mol. The van der Waals surface area contributed by atoms with E-state index in [1.54, 1.807) is 6.92 Å². The topological polar surface area (TPSA) is 40.5 Å². The number of aliphatic hydroxyl groups excluding tert-OH is 2. The smallest absolute Gasteiger partial charge is 0.0780 e. The summed E-state index contributed by atoms with van der Waals surface area (Å²) < 4.78 is 0. The molecule has 1 atom stereocenters. The van der Waals surface area contributed by atoms with E-state index in [1.807, 2.05) is 0 Å². The maximum absolute atomic E-state index is 8.97. The van der Waals surface area contributed by atoms with Gasteiger partial charge in [0.15, 0.2) is 0 Å². The Morgan fingerprint density at radius 3 is 2.20 bits per heavy atom. The molecule has 1 unspecified atom stereocenters. The molecule has 2 N–H and O–H groups in total. The summed E-state index contributed by atoms with van der Waals surface area (Å²) in [6.45, 7) is 1.48. The summed E-state index contributed by atoms with van der Waals surface area (Å²) in [4.78, 5) is 0. The molecule has 2 nitrogen and oxygen atoms in total. The molecular weight excluding hydrogens is 188 g/mol. The summed E-state index contributed by atoms with van der Waals surface area (Å²) in [6.07, 6.45) is 0.281. The van der Waals surface area contributed by atoms with Crippen LogP contribution in [0.1, 0.15) is 19.8 Å². The Hall–Kier alpha value is -1.84. The summed E-state index contributed by atoms with van der Waals surface area (Å²) in [6, 6.07) is 0. The van der Waals surface area contributed by atoms with Gasteiger partial charge in [-0.2, -0.15) is 0 Å². The molecule has 0 aliphatic rings. The Kier molecular flexibility index (Phi) is 8.99. The molecule has 2 heteroatoms. The first kappa shape index (κ1) is 13.2. The van der Waals surface area contributed by atoms with Crippen LogP contribution in [0, 0.1) is 47.4 Å². The minimum Gasteiger partial charge on any atom is -0.394 e. The Morgan fingerprint density at radius 1 is 1.00 bits per heavy atom. The molecule has 0 saturated carbocycles. The molecule has 0 bridgehead atoms. The Balaban J connectivity index is 3.80. The maximum Gasteiger partial charge on any atom is 0.0780 e. The van der Waals surface area contributed by atoms with E-state index < -0.39 is 6.10 Å². The van der Waals surface area contributed by atoms with Gasteiger partial charge in [0.2, 0.25) is 0 Å². The number of aliphatic hydroxyl groups is 2. The molecule has 0 aromatic rings. The largest absolute Gasteiger partial charge is 0.394 e. The van der Waals surface area contributed by atoms with Crippen molar-refractivity contribution in [3.63, 3.8) is 0 Å². The van der Waals surface area contributed by atoms with E-state index >= 15 is 0 Å². The number of rotatable bonds is 3. The third-order valence-electron chi connectivity index (χ3n) is 1.34. The van der Waals surface area contributed by atoms with Crippen LogP contribution in [0.25, 0.3) is 0 Å². The molecular formula is C13H12O2. The van der Waals surface area contributed by atoms with Crippen molar-refractivity contribution in [1.29, 1.82) is 0 Å². The predicted octanol–water partition coefficient (Wildman–Crippen LogP) is 0.153. The minimum absolute atomic E-state index is 0.228. The molecule has 0 spiro atoms. The highest BCUT2D eigenvalue weighted by Crippen LogP contribution is 1.93. The van der Waals surface area contributed by atoms with Crippen LogP contribution in [-0.2, 0) is 0 Å². The normalized spacial score (nSPS) is 8.73. The van der Waals surface area contributed by atoms with Crippen molar-refractivity contribution in [2.45, 2.75) is 25.9 Å². The molecule has 0 amide bonds. The average Bonchev–Trinajstić information content (AvgIpc) is 2.26. The fourth-order valence-electron chi connectivity index (χ4n) is 0.624. The van der Waals surface area contributed by atoms with Crippen LogP contribution in [0.5, 0.6) is 0 Å². The summed E-state index contributed by atoms with van der Waals surface area (Å²) in [5, 5.41) is 17.5. The highest BCUT2D eigenvalue weighted by Gasteiger charge is 1.97. The molecule has 0 aromatic carbocycles. The summed E-state index contributed by atoms with van der Waals surface area (Å²) in [5.41, 5.74) is 0. The summed E-state index contributed by atoms with van der Waals surface area (Å²) >= 11 is 0. The van der Waals surface area contributed by atoms with Gasteiger partial charge in [0.25, 0.3) is 0 Å². The standard InChI is InChI=1S/C13H12O2/c1-2-3-4-5-6-7-8-9-10-11-13(15)12-14/h13-15H,10-12H2,1H3. The highest BCUT2D eigenvalue weighted by molar-refractivity contribution is 5.39. The van der Waals surface area contributed by atoms with Gasteiger partial charge in [0, 0.05) is 6.42 Å². The first-order valence-electron chi connectivity index (χ1n) is 4.49. The molecule has 0 fully saturated rings. The van der Waals surface area contributed by atoms with Crippen molar-refractivity contribution in [3.05, 3.63) is 0 Å². The van der Waals surface area contributed by atoms with E-state index in [0.29, 0.717) is 12.8 Å². The van der Waals surface area contributed by atoms with Crippen LogP contribution in [0.4, 0.5) is 0 Å². The van der Waals surface area contributed by atoms with Crippen molar-refractivity contribution in [1.82, 2.24) is 0 Å². The van der Waals surface area contributed by atoms with E-state index in [-0.39, 0.29) is 6.61 Å². The molecule has 0 radical (unpaired) electrons. The van der Waals surface area contributed by atoms with Crippen LogP contribution in [0.3, 0.4) is 0 Å². The lowest BCUT2D eigenvalue weighted by Gasteiger charge is -2.00. The van der Waals surface area contributed by atoms with Crippen LogP contribution in [-0.4, -0.2) is 22.9 Å². The van der Waals surface area contributed by atoms with Crippen molar-refractivity contribution in [2.75, 3.05) is 6.61 Å². The molecule has 0 aliphatic heterocycles. The van der Waals surface area contributed by atoms with Crippen molar-refractivity contribution in [2.24, 2.45) is 0 Å². The van der Waals surface area contributed by atoms with E-state index in [2.05, 4.69) is 47.4 Å². The highest BCUT2D eigenvalue weighted by atomic mass is 16.3. The monoisotopic (exact) mass is 200 g/mol. The van der Waals surface area contributed by atoms with Crippen molar-refractivity contribution < 1.29 is 10.2 Å². The summed E-state index contributed by atoms with van der Waals surface area (Å²) in [7, 11) is 0. The van der Waals surface area contributed by atoms with E-state index in [4.69, 9.17) is 10.2 Å². The average molecular weight is 200 g/mol. The van der Waals surface area contributed by atoms with E-state index in [1.165, 1.54) is 0 Å². The third-order valence-corrected chi connectivity index (χ3v) is 1.34. The van der Waals surface area contributed by atoms with Gasteiger partial charge in [0.05, 0.1) is 12.7 Å². The zero-order chi connectivity index (χ0) is 11.4. The van der Waals surface area contributed by atoms with Gasteiger partial charge in [-0.3, -0.25) is 0 Å². The second-order valence-electron chi connectivity index (χ2n) is 2.55. The van der Waals surface area contributed by atoms with Gasteiger partial charge < -0.3 is 10.2 Å². The van der Waals surface area contributed by atoms with Gasteiger partial charge >= 0.3 is 0 Å². The fraction of sp³-hybridized carbons (Fsp3) is 0.385. The van der Waals surface area contributed by atoms with Crippen LogP contribution < -0.4 is 0 Å². The molecule has 76 valence electrons. The summed E-state index contributed by atoms with van der Waals surface area (Å²) in [5.74, 6) is 20.6.